The van der Waals surface area contributed by atoms with Gasteiger partial charge in [-0.2, -0.15) is 11.8 Å². The van der Waals surface area contributed by atoms with Crippen molar-refractivity contribution in [3.63, 3.8) is 0 Å². The van der Waals surface area contributed by atoms with Crippen molar-refractivity contribution < 1.29 is 24.3 Å². The third-order valence-corrected chi connectivity index (χ3v) is 6.60. The molecule has 1 aliphatic rings. The maximum absolute atomic E-state index is 13.2. The largest absolute Gasteiger partial charge is 0.480 e. The first kappa shape index (κ1) is 28.6. The first-order valence-corrected chi connectivity index (χ1v) is 13.2. The number of imidazole rings is 1. The van der Waals surface area contributed by atoms with E-state index in [0.717, 1.165) is 0 Å². The van der Waals surface area contributed by atoms with Crippen LogP contribution in [-0.2, 0) is 25.6 Å². The number of aromatic amines is 1. The Kier molecular flexibility index (Phi) is 12.0. The highest BCUT2D eigenvalue weighted by Gasteiger charge is 2.38. The number of carbonyl (C=O) groups is 4. The van der Waals surface area contributed by atoms with Gasteiger partial charge in [0.15, 0.2) is 0 Å². The van der Waals surface area contributed by atoms with Crippen LogP contribution in [0.25, 0.3) is 0 Å². The van der Waals surface area contributed by atoms with Gasteiger partial charge in [0, 0.05) is 24.9 Å². The minimum absolute atomic E-state index is 0.231. The average molecular weight is 512 g/mol. The Bertz CT molecular complexity index is 838. The third kappa shape index (κ3) is 8.82. The molecular weight excluding hydrogens is 474 g/mol. The molecule has 0 aromatic carbocycles. The number of carboxylic acids is 1. The second-order valence-corrected chi connectivity index (χ2v) is 9.59. The van der Waals surface area contributed by atoms with Crippen molar-refractivity contribution in [2.24, 2.45) is 11.5 Å². The van der Waals surface area contributed by atoms with E-state index in [1.54, 1.807) is 6.20 Å². The van der Waals surface area contributed by atoms with E-state index in [4.69, 9.17) is 11.5 Å². The van der Waals surface area contributed by atoms with Gasteiger partial charge in [0.05, 0.1) is 12.4 Å². The number of unbranched alkanes of at least 4 members (excludes halogenated alkanes) is 1. The van der Waals surface area contributed by atoms with E-state index < -0.39 is 47.9 Å². The Morgan fingerprint density at radius 3 is 2.60 bits per heavy atom. The van der Waals surface area contributed by atoms with Crippen LogP contribution in [0.15, 0.2) is 12.5 Å². The number of carbonyl (C=O) groups excluding carboxylic acids is 3. The summed E-state index contributed by atoms with van der Waals surface area (Å²) in [4.78, 5) is 58.8. The minimum atomic E-state index is -1.06. The van der Waals surface area contributed by atoms with E-state index >= 15 is 0 Å². The zero-order chi connectivity index (χ0) is 25.8. The molecule has 4 atom stereocenters. The van der Waals surface area contributed by atoms with Gasteiger partial charge in [0.2, 0.25) is 17.7 Å². The molecule has 1 aromatic heterocycles. The second-order valence-electron chi connectivity index (χ2n) is 8.60. The fourth-order valence-electron chi connectivity index (χ4n) is 4.02. The number of aromatic nitrogens is 2. The van der Waals surface area contributed by atoms with Gasteiger partial charge in [-0.25, -0.2) is 9.78 Å². The molecule has 0 bridgehead atoms. The van der Waals surface area contributed by atoms with Crippen LogP contribution in [0.4, 0.5) is 0 Å². The van der Waals surface area contributed by atoms with Crippen LogP contribution in [0, 0.1) is 0 Å². The zero-order valence-corrected chi connectivity index (χ0v) is 20.9. The molecular formula is C22H37N7O5S. The lowest BCUT2D eigenvalue weighted by Crippen LogP contribution is -2.57. The van der Waals surface area contributed by atoms with Crippen molar-refractivity contribution in [2.45, 2.75) is 69.1 Å². The lowest BCUT2D eigenvalue weighted by molar-refractivity contribution is -0.149. The molecule has 1 saturated heterocycles. The van der Waals surface area contributed by atoms with Crippen LogP contribution in [0.1, 0.15) is 44.2 Å². The lowest BCUT2D eigenvalue weighted by Gasteiger charge is -2.29. The first-order valence-electron chi connectivity index (χ1n) is 11.8. The van der Waals surface area contributed by atoms with Crippen LogP contribution >= 0.6 is 11.8 Å². The number of nitrogens with one attached hydrogen (secondary N) is 3. The van der Waals surface area contributed by atoms with Gasteiger partial charge in [0.1, 0.15) is 18.1 Å². The van der Waals surface area contributed by atoms with E-state index in [1.165, 1.54) is 23.0 Å². The molecule has 8 N–H and O–H groups in total. The summed E-state index contributed by atoms with van der Waals surface area (Å²) in [5.41, 5.74) is 12.3. The fourth-order valence-corrected chi connectivity index (χ4v) is 4.49. The van der Waals surface area contributed by atoms with Gasteiger partial charge in [-0.3, -0.25) is 14.4 Å². The van der Waals surface area contributed by atoms with E-state index in [-0.39, 0.29) is 6.42 Å². The van der Waals surface area contributed by atoms with Crippen LogP contribution < -0.4 is 22.1 Å². The predicted octanol–water partition coefficient (Wildman–Crippen LogP) is -0.793. The maximum atomic E-state index is 13.2. The topological polar surface area (TPSA) is 197 Å². The smallest absolute Gasteiger partial charge is 0.326 e. The quantitative estimate of drug-likeness (QED) is 0.163. The number of rotatable bonds is 15. The number of likely N-dealkylation sites (tertiary alicyclic amines) is 1. The molecule has 0 radical (unpaired) electrons. The van der Waals surface area contributed by atoms with Crippen LogP contribution in [0.3, 0.4) is 0 Å². The van der Waals surface area contributed by atoms with Crippen molar-refractivity contribution in [3.8, 4) is 0 Å². The van der Waals surface area contributed by atoms with Crippen LogP contribution in [-0.4, -0.2) is 92.9 Å². The summed E-state index contributed by atoms with van der Waals surface area (Å²) in [5, 5.41) is 14.9. The van der Waals surface area contributed by atoms with E-state index in [9.17, 15) is 24.3 Å². The number of carboxylic acid groups (broad SMARTS) is 1. The molecule has 35 heavy (non-hydrogen) atoms. The Labute approximate surface area is 209 Å². The van der Waals surface area contributed by atoms with Gasteiger partial charge in [0.25, 0.3) is 0 Å². The van der Waals surface area contributed by atoms with Crippen molar-refractivity contribution in [1.82, 2.24) is 25.5 Å². The molecule has 0 spiro atoms. The minimum Gasteiger partial charge on any atom is -0.480 e. The highest BCUT2D eigenvalue weighted by molar-refractivity contribution is 7.98. The Balaban J connectivity index is 2.09. The molecule has 196 valence electrons. The molecule has 2 heterocycles. The standard InChI is InChI=1S/C22H37N7O5S/c1-35-10-7-16(27-19(30)15(24)11-14-12-25-13-26-14)20(31)28-17(5-2-3-8-23)21(32)29-9-4-6-18(29)22(33)34/h12-13,15-18H,2-11,23-24H2,1H3,(H,25,26)(H,27,30)(H,28,31)(H,33,34). The number of hydrogen-bond acceptors (Lipinski definition) is 8. The molecule has 1 aliphatic heterocycles. The van der Waals surface area contributed by atoms with Gasteiger partial charge < -0.3 is 37.1 Å². The summed E-state index contributed by atoms with van der Waals surface area (Å²) >= 11 is 1.52. The maximum Gasteiger partial charge on any atom is 0.326 e. The summed E-state index contributed by atoms with van der Waals surface area (Å²) < 4.78 is 0. The van der Waals surface area contributed by atoms with Gasteiger partial charge in [-0.05, 0) is 57.1 Å². The van der Waals surface area contributed by atoms with Gasteiger partial charge in [-0.15, -0.1) is 0 Å². The van der Waals surface area contributed by atoms with Crippen LogP contribution in [0.5, 0.6) is 0 Å². The summed E-state index contributed by atoms with van der Waals surface area (Å²) in [6, 6.07) is -3.57. The highest BCUT2D eigenvalue weighted by atomic mass is 32.2. The average Bonchev–Trinajstić information content (AvgIpc) is 3.52. The summed E-state index contributed by atoms with van der Waals surface area (Å²) in [6.45, 7) is 0.769. The highest BCUT2D eigenvalue weighted by Crippen LogP contribution is 2.20. The number of H-pyrrole nitrogens is 1. The molecule has 4 unspecified atom stereocenters. The second kappa shape index (κ2) is 14.7. The molecule has 12 nitrogen and oxygen atoms in total. The Morgan fingerprint density at radius 1 is 1.23 bits per heavy atom. The Hall–Kier alpha value is -2.64. The molecule has 0 aliphatic carbocycles. The number of hydrogen-bond donors (Lipinski definition) is 6. The van der Waals surface area contributed by atoms with Crippen molar-refractivity contribution in [3.05, 3.63) is 18.2 Å². The zero-order valence-electron chi connectivity index (χ0n) is 20.1. The van der Waals surface area contributed by atoms with Gasteiger partial charge in [-0.1, -0.05) is 0 Å². The van der Waals surface area contributed by atoms with Crippen molar-refractivity contribution in [2.75, 3.05) is 25.1 Å². The number of amides is 3. The van der Waals surface area contributed by atoms with E-state index in [2.05, 4.69) is 20.6 Å². The molecule has 1 fully saturated rings. The summed E-state index contributed by atoms with van der Waals surface area (Å²) in [5.74, 6) is -1.87. The monoisotopic (exact) mass is 511 g/mol. The normalized spacial score (nSPS) is 18.0. The molecule has 2 rings (SSSR count). The molecule has 13 heteroatoms. The fraction of sp³-hybridized carbons (Fsp3) is 0.682. The van der Waals surface area contributed by atoms with E-state index in [1.807, 2.05) is 6.26 Å². The molecule has 1 aromatic rings. The molecule has 0 saturated carbocycles. The SMILES string of the molecule is CSCCC(NC(=O)C(N)Cc1cnc[nH]1)C(=O)NC(CCCCN)C(=O)N1CCCC1C(=O)O. The lowest BCUT2D eigenvalue weighted by atomic mass is 10.1. The Morgan fingerprint density at radius 2 is 1.97 bits per heavy atom. The van der Waals surface area contributed by atoms with Crippen molar-refractivity contribution in [1.29, 1.82) is 0 Å². The first-order chi connectivity index (χ1) is 16.8. The summed E-state index contributed by atoms with van der Waals surface area (Å²) in [7, 11) is 0. The van der Waals surface area contributed by atoms with Crippen LogP contribution in [0.2, 0.25) is 0 Å². The number of nitrogens with two attached hydrogens (primary N) is 2. The number of aliphatic carboxylic acids is 1. The summed E-state index contributed by atoms with van der Waals surface area (Å²) in [6.07, 6.45) is 8.09. The number of thioether (sulfide) groups is 1. The number of nitrogens with zero attached hydrogens (tertiary/aromatic N) is 2. The molecule has 3 amide bonds. The van der Waals surface area contributed by atoms with Crippen molar-refractivity contribution >= 4 is 35.5 Å². The predicted molar refractivity (Wildman–Crippen MR) is 132 cm³/mol. The van der Waals surface area contributed by atoms with Gasteiger partial charge >= 0.3 is 5.97 Å². The van der Waals surface area contributed by atoms with E-state index in [0.29, 0.717) is 63.1 Å². The third-order valence-electron chi connectivity index (χ3n) is 5.96.